The minimum absolute atomic E-state index is 0.0834. The van der Waals surface area contributed by atoms with Crippen LogP contribution in [0.2, 0.25) is 0 Å². The molecule has 7 nitrogen and oxygen atoms in total. The van der Waals surface area contributed by atoms with Gasteiger partial charge in [-0.15, -0.1) is 0 Å². The van der Waals surface area contributed by atoms with Gasteiger partial charge in [0.05, 0.1) is 24.6 Å². The largest absolute Gasteiger partial charge is 0.493 e. The Bertz CT molecular complexity index is 1030. The van der Waals surface area contributed by atoms with Crippen LogP contribution in [-0.2, 0) is 11.3 Å². The molecular weight excluding hydrogens is 452 g/mol. The highest BCUT2D eigenvalue weighted by molar-refractivity contribution is 8.14. The maximum absolute atomic E-state index is 12.8. The van der Waals surface area contributed by atoms with Gasteiger partial charge in [-0.1, -0.05) is 37.7 Å². The van der Waals surface area contributed by atoms with Crippen molar-refractivity contribution in [2.24, 2.45) is 5.10 Å². The molecule has 0 saturated carbocycles. The number of thioether (sulfide) groups is 1. The molecule has 0 saturated heterocycles. The first kappa shape index (κ1) is 24.5. The summed E-state index contributed by atoms with van der Waals surface area (Å²) in [5.41, 5.74) is 2.66. The van der Waals surface area contributed by atoms with Crippen molar-refractivity contribution in [3.05, 3.63) is 53.6 Å². The number of nitrogens with one attached hydrogen (secondary N) is 1. The number of hydrazone groups is 1. The molecule has 176 valence electrons. The molecular formula is C23H25F2N3O4S. The van der Waals surface area contributed by atoms with Crippen LogP contribution in [0.3, 0.4) is 0 Å². The maximum Gasteiger partial charge on any atom is 0.387 e. The summed E-state index contributed by atoms with van der Waals surface area (Å²) in [6.45, 7) is 0.930. The van der Waals surface area contributed by atoms with E-state index in [1.807, 2.05) is 19.1 Å². The minimum atomic E-state index is -3.00. The second kappa shape index (κ2) is 11.1. The van der Waals surface area contributed by atoms with Gasteiger partial charge in [-0.2, -0.15) is 13.9 Å². The lowest BCUT2D eigenvalue weighted by molar-refractivity contribution is -0.115. The molecule has 3 rings (SSSR count). The van der Waals surface area contributed by atoms with Crippen molar-refractivity contribution in [2.75, 3.05) is 12.4 Å². The number of hydrogen-bond acceptors (Lipinski definition) is 6. The smallest absolute Gasteiger partial charge is 0.387 e. The van der Waals surface area contributed by atoms with Gasteiger partial charge in [0, 0.05) is 17.7 Å². The Morgan fingerprint density at radius 2 is 1.91 bits per heavy atom. The molecule has 2 aromatic rings. The van der Waals surface area contributed by atoms with E-state index >= 15 is 0 Å². The average molecular weight is 478 g/mol. The van der Waals surface area contributed by atoms with Crippen LogP contribution in [0.4, 0.5) is 19.3 Å². The number of hydrogen-bond donors (Lipinski definition) is 1. The van der Waals surface area contributed by atoms with Gasteiger partial charge in [0.25, 0.3) is 0 Å². The van der Waals surface area contributed by atoms with Crippen LogP contribution in [-0.4, -0.2) is 40.8 Å². The Morgan fingerprint density at radius 3 is 2.52 bits per heavy atom. The van der Waals surface area contributed by atoms with Crippen molar-refractivity contribution in [1.29, 1.82) is 0 Å². The first-order valence-electron chi connectivity index (χ1n) is 10.4. The van der Waals surface area contributed by atoms with Gasteiger partial charge in [-0.3, -0.25) is 9.59 Å². The Balaban J connectivity index is 1.87. The molecule has 1 heterocycles. The topological polar surface area (TPSA) is 80.2 Å². The van der Waals surface area contributed by atoms with Crippen LogP contribution in [0, 0.1) is 0 Å². The van der Waals surface area contributed by atoms with Crippen LogP contribution >= 0.6 is 11.8 Å². The summed E-state index contributed by atoms with van der Waals surface area (Å²) in [4.78, 5) is 24.2. The summed E-state index contributed by atoms with van der Waals surface area (Å²) in [5, 5.41) is 8.26. The quantitative estimate of drug-likeness (QED) is 0.516. The lowest BCUT2D eigenvalue weighted by Gasteiger charge is -2.28. The number of anilines is 1. The predicted molar refractivity (Wildman–Crippen MR) is 124 cm³/mol. The first-order chi connectivity index (χ1) is 15.8. The first-order valence-corrected chi connectivity index (χ1v) is 11.3. The van der Waals surface area contributed by atoms with Gasteiger partial charge < -0.3 is 14.8 Å². The second-order valence-electron chi connectivity index (χ2n) is 7.17. The number of rotatable bonds is 9. The molecule has 1 unspecified atom stereocenters. The molecule has 10 heteroatoms. The van der Waals surface area contributed by atoms with Crippen molar-refractivity contribution >= 4 is 34.3 Å². The Labute approximate surface area is 195 Å². The number of nitrogens with zero attached hydrogens (tertiary/aromatic N) is 2. The summed E-state index contributed by atoms with van der Waals surface area (Å²) in [5.74, 6) is -0.0000413. The zero-order valence-corrected chi connectivity index (χ0v) is 19.3. The van der Waals surface area contributed by atoms with Gasteiger partial charge in [0.2, 0.25) is 5.91 Å². The highest BCUT2D eigenvalue weighted by Crippen LogP contribution is 2.34. The number of carbonyl (C=O) groups excluding carboxylic acids is 2. The van der Waals surface area contributed by atoms with Crippen LogP contribution in [0.5, 0.6) is 11.5 Å². The van der Waals surface area contributed by atoms with Gasteiger partial charge >= 0.3 is 11.9 Å². The lowest BCUT2D eigenvalue weighted by Crippen LogP contribution is -2.34. The number of amides is 2. The van der Waals surface area contributed by atoms with Gasteiger partial charge in [0.1, 0.15) is 0 Å². The molecule has 0 aliphatic carbocycles. The molecule has 1 aliphatic rings. The molecule has 0 radical (unpaired) electrons. The number of halogens is 2. The van der Waals surface area contributed by atoms with E-state index in [0.717, 1.165) is 17.3 Å². The molecule has 0 bridgehead atoms. The van der Waals surface area contributed by atoms with E-state index in [1.165, 1.54) is 24.3 Å². The molecule has 2 aromatic carbocycles. The number of benzene rings is 2. The van der Waals surface area contributed by atoms with E-state index in [4.69, 9.17) is 4.74 Å². The van der Waals surface area contributed by atoms with Crippen molar-refractivity contribution < 1.29 is 27.8 Å². The van der Waals surface area contributed by atoms with E-state index in [-0.39, 0.29) is 34.4 Å². The van der Waals surface area contributed by atoms with Crippen LogP contribution < -0.4 is 14.8 Å². The summed E-state index contributed by atoms with van der Waals surface area (Å²) < 4.78 is 35.4. The monoisotopic (exact) mass is 477 g/mol. The predicted octanol–water partition coefficient (Wildman–Crippen LogP) is 5.50. The fourth-order valence-corrected chi connectivity index (χ4v) is 4.17. The highest BCUT2D eigenvalue weighted by Gasteiger charge is 2.31. The molecule has 1 N–H and O–H groups in total. The Kier molecular flexibility index (Phi) is 8.26. The Morgan fingerprint density at radius 1 is 1.18 bits per heavy atom. The Hall–Kier alpha value is -3.14. The second-order valence-corrected chi connectivity index (χ2v) is 8.32. The van der Waals surface area contributed by atoms with Crippen LogP contribution in [0.25, 0.3) is 0 Å². The van der Waals surface area contributed by atoms with Crippen molar-refractivity contribution in [1.82, 2.24) is 5.01 Å². The van der Waals surface area contributed by atoms with Gasteiger partial charge in [0.15, 0.2) is 11.5 Å². The fourth-order valence-electron chi connectivity index (χ4n) is 3.23. The SMILES string of the molecule is CCC(=O)Nc1ccc(CN2N=C(c3ccc(OC)c(OC(F)F)c3)C(CC)SC2=O)cc1. The van der Waals surface area contributed by atoms with E-state index in [0.29, 0.717) is 29.8 Å². The van der Waals surface area contributed by atoms with Crippen molar-refractivity contribution in [2.45, 2.75) is 45.1 Å². The molecule has 1 aliphatic heterocycles. The molecule has 0 fully saturated rings. The lowest BCUT2D eigenvalue weighted by atomic mass is 10.0. The van der Waals surface area contributed by atoms with Gasteiger partial charge in [-0.25, -0.2) is 5.01 Å². The van der Waals surface area contributed by atoms with E-state index < -0.39 is 6.61 Å². The van der Waals surface area contributed by atoms with Crippen molar-refractivity contribution in [3.63, 3.8) is 0 Å². The van der Waals surface area contributed by atoms with Crippen molar-refractivity contribution in [3.8, 4) is 11.5 Å². The van der Waals surface area contributed by atoms with E-state index in [9.17, 15) is 18.4 Å². The molecule has 0 spiro atoms. The van der Waals surface area contributed by atoms with Gasteiger partial charge in [-0.05, 0) is 42.3 Å². The summed E-state index contributed by atoms with van der Waals surface area (Å²) in [6, 6.07) is 11.9. The third-order valence-electron chi connectivity index (χ3n) is 4.92. The van der Waals surface area contributed by atoms with Crippen LogP contribution in [0.1, 0.15) is 37.8 Å². The minimum Gasteiger partial charge on any atom is -0.493 e. The number of alkyl halides is 2. The number of methoxy groups -OCH3 is 1. The van der Waals surface area contributed by atoms with Crippen LogP contribution in [0.15, 0.2) is 47.6 Å². The normalized spacial score (nSPS) is 15.9. The average Bonchev–Trinajstić information content (AvgIpc) is 2.80. The third kappa shape index (κ3) is 6.22. The standard InChI is InChI=1S/C23H25F2N3O4S/c1-4-19-21(15-8-11-17(31-3)18(12-15)32-22(24)25)27-28(23(30)33-19)13-14-6-9-16(10-7-14)26-20(29)5-2/h6-12,19,22H,4-5,13H2,1-3H3,(H,26,29). The third-order valence-corrected chi connectivity index (χ3v) is 6.18. The molecule has 2 amide bonds. The summed E-state index contributed by atoms with van der Waals surface area (Å²) >= 11 is 1.14. The van der Waals surface area contributed by atoms with E-state index in [2.05, 4.69) is 15.2 Å². The molecule has 0 aromatic heterocycles. The molecule has 33 heavy (non-hydrogen) atoms. The zero-order chi connectivity index (χ0) is 24.0. The van der Waals surface area contributed by atoms with E-state index in [1.54, 1.807) is 25.1 Å². The fraction of sp³-hybridized carbons (Fsp3) is 0.348. The number of carbonyl (C=O) groups is 2. The summed E-state index contributed by atoms with van der Waals surface area (Å²) in [7, 11) is 1.37. The highest BCUT2D eigenvalue weighted by atomic mass is 32.2. The maximum atomic E-state index is 12.8. The summed E-state index contributed by atoms with van der Waals surface area (Å²) in [6.07, 6.45) is 1.01. The number of ether oxygens (including phenoxy) is 2. The molecule has 1 atom stereocenters. The zero-order valence-electron chi connectivity index (χ0n) is 18.5.